The molecule has 0 aromatic carbocycles. The minimum absolute atomic E-state index is 0.243. The van der Waals surface area contributed by atoms with E-state index in [1.165, 1.54) is 5.56 Å². The van der Waals surface area contributed by atoms with Crippen molar-refractivity contribution in [2.45, 2.75) is 18.9 Å². The molecule has 86 valence electrons. The van der Waals surface area contributed by atoms with Crippen LogP contribution in [0.5, 0.6) is 0 Å². The molecule has 1 unspecified atom stereocenters. The Bertz CT molecular complexity index is 542. The first kappa shape index (κ1) is 10.5. The summed E-state index contributed by atoms with van der Waals surface area (Å²) in [6, 6.07) is 8.18. The molecule has 0 aliphatic heterocycles. The van der Waals surface area contributed by atoms with Crippen LogP contribution < -0.4 is 5.32 Å². The smallest absolute Gasteiger partial charge is 0.152 e. The Labute approximate surface area is 105 Å². The summed E-state index contributed by atoms with van der Waals surface area (Å²) in [4.78, 5) is 8.50. The number of anilines is 1. The van der Waals surface area contributed by atoms with E-state index in [9.17, 15) is 0 Å². The van der Waals surface area contributed by atoms with E-state index in [0.29, 0.717) is 5.15 Å². The van der Waals surface area contributed by atoms with E-state index >= 15 is 0 Å². The van der Waals surface area contributed by atoms with Crippen molar-refractivity contribution in [2.75, 3.05) is 5.32 Å². The van der Waals surface area contributed by atoms with Crippen LogP contribution in [0.3, 0.4) is 0 Å². The summed E-state index contributed by atoms with van der Waals surface area (Å²) in [5.41, 5.74) is 3.33. The number of aromatic nitrogens is 2. The molecule has 1 aliphatic carbocycles. The Kier molecular flexibility index (Phi) is 2.69. The number of rotatable bonds is 2. The highest BCUT2D eigenvalue weighted by molar-refractivity contribution is 6.31. The van der Waals surface area contributed by atoms with Crippen LogP contribution in [0.2, 0.25) is 5.15 Å². The summed E-state index contributed by atoms with van der Waals surface area (Å²) in [6.07, 6.45) is 5.65. The van der Waals surface area contributed by atoms with Gasteiger partial charge in [-0.3, -0.25) is 4.98 Å². The first-order valence-electron chi connectivity index (χ1n) is 5.65. The summed E-state index contributed by atoms with van der Waals surface area (Å²) >= 11 is 6.04. The normalized spacial score (nSPS) is 17.8. The first-order valence-corrected chi connectivity index (χ1v) is 6.03. The fraction of sp³-hybridized carbons (Fsp3) is 0.231. The van der Waals surface area contributed by atoms with Crippen LogP contribution in [0.15, 0.2) is 36.7 Å². The van der Waals surface area contributed by atoms with E-state index in [1.54, 1.807) is 6.20 Å². The van der Waals surface area contributed by atoms with Gasteiger partial charge in [0, 0.05) is 12.4 Å². The third-order valence-corrected chi connectivity index (χ3v) is 3.35. The van der Waals surface area contributed by atoms with Gasteiger partial charge < -0.3 is 5.32 Å². The number of hydrogen-bond acceptors (Lipinski definition) is 3. The number of aryl methyl sites for hydroxylation is 1. The lowest BCUT2D eigenvalue weighted by atomic mass is 10.2. The summed E-state index contributed by atoms with van der Waals surface area (Å²) in [5, 5.41) is 3.92. The maximum Gasteiger partial charge on any atom is 0.152 e. The predicted molar refractivity (Wildman–Crippen MR) is 68.2 cm³/mol. The van der Waals surface area contributed by atoms with E-state index in [1.807, 2.05) is 24.4 Å². The van der Waals surface area contributed by atoms with E-state index in [-0.39, 0.29) is 6.04 Å². The molecule has 0 fully saturated rings. The molecule has 2 aromatic heterocycles. The van der Waals surface area contributed by atoms with Gasteiger partial charge in [-0.15, -0.1) is 0 Å². The minimum Gasteiger partial charge on any atom is -0.374 e. The average Bonchev–Trinajstić information content (AvgIpc) is 2.76. The SMILES string of the molecule is Clc1ncccc1NC1CCc2cccnc21. The number of halogens is 1. The number of nitrogens with one attached hydrogen (secondary N) is 1. The second-order valence-corrected chi connectivity index (χ2v) is 4.48. The van der Waals surface area contributed by atoms with E-state index in [0.717, 1.165) is 24.2 Å². The largest absolute Gasteiger partial charge is 0.374 e. The molecule has 3 nitrogen and oxygen atoms in total. The van der Waals surface area contributed by atoms with Crippen LogP contribution in [0, 0.1) is 0 Å². The Balaban J connectivity index is 1.87. The summed E-state index contributed by atoms with van der Waals surface area (Å²) in [6.45, 7) is 0. The predicted octanol–water partition coefficient (Wildman–Crippen LogP) is 3.23. The van der Waals surface area contributed by atoms with Gasteiger partial charge in [0.05, 0.1) is 17.4 Å². The maximum atomic E-state index is 6.04. The summed E-state index contributed by atoms with van der Waals surface area (Å²) < 4.78 is 0. The van der Waals surface area contributed by atoms with Gasteiger partial charge in [-0.1, -0.05) is 17.7 Å². The van der Waals surface area contributed by atoms with Gasteiger partial charge in [0.2, 0.25) is 0 Å². The molecule has 2 aromatic rings. The van der Waals surface area contributed by atoms with Crippen LogP contribution in [0.25, 0.3) is 0 Å². The molecule has 0 amide bonds. The van der Waals surface area contributed by atoms with Crippen LogP contribution in [-0.4, -0.2) is 9.97 Å². The van der Waals surface area contributed by atoms with Gasteiger partial charge in [-0.2, -0.15) is 0 Å². The monoisotopic (exact) mass is 245 g/mol. The Morgan fingerprint density at radius 3 is 2.88 bits per heavy atom. The van der Waals surface area contributed by atoms with Gasteiger partial charge in [-0.05, 0) is 36.6 Å². The van der Waals surface area contributed by atoms with Crippen molar-refractivity contribution in [3.8, 4) is 0 Å². The molecular weight excluding hydrogens is 234 g/mol. The molecule has 1 aliphatic rings. The van der Waals surface area contributed by atoms with Gasteiger partial charge in [0.25, 0.3) is 0 Å². The zero-order chi connectivity index (χ0) is 11.7. The number of fused-ring (bicyclic) bond motifs is 1. The van der Waals surface area contributed by atoms with E-state index in [4.69, 9.17) is 11.6 Å². The lowest BCUT2D eigenvalue weighted by molar-refractivity contribution is 0.745. The van der Waals surface area contributed by atoms with Gasteiger partial charge in [-0.25, -0.2) is 4.98 Å². The molecule has 0 spiro atoms. The zero-order valence-corrected chi connectivity index (χ0v) is 9.98. The number of nitrogens with zero attached hydrogens (tertiary/aromatic N) is 2. The maximum absolute atomic E-state index is 6.04. The highest BCUT2D eigenvalue weighted by atomic mass is 35.5. The van der Waals surface area contributed by atoms with Gasteiger partial charge >= 0.3 is 0 Å². The molecule has 2 heterocycles. The fourth-order valence-electron chi connectivity index (χ4n) is 2.23. The topological polar surface area (TPSA) is 37.8 Å². The van der Waals surface area contributed by atoms with Crippen molar-refractivity contribution >= 4 is 17.3 Å². The lowest BCUT2D eigenvalue weighted by Crippen LogP contribution is -2.09. The molecule has 1 atom stereocenters. The van der Waals surface area contributed by atoms with Gasteiger partial charge in [0.15, 0.2) is 5.15 Å². The highest BCUT2D eigenvalue weighted by Gasteiger charge is 2.23. The average molecular weight is 246 g/mol. The van der Waals surface area contributed by atoms with Crippen LogP contribution in [-0.2, 0) is 6.42 Å². The molecule has 0 radical (unpaired) electrons. The van der Waals surface area contributed by atoms with Crippen molar-refractivity contribution in [1.29, 1.82) is 0 Å². The third-order valence-electron chi connectivity index (χ3n) is 3.05. The standard InChI is InChI=1S/C13H12ClN3/c14-13-11(4-2-8-16-13)17-10-6-5-9-3-1-7-15-12(9)10/h1-4,7-8,10,17H,5-6H2. The Hall–Kier alpha value is -1.61. The van der Waals surface area contributed by atoms with Crippen molar-refractivity contribution in [3.63, 3.8) is 0 Å². The second kappa shape index (κ2) is 4.34. The third kappa shape index (κ3) is 1.98. The molecule has 1 N–H and O–H groups in total. The molecule has 0 saturated heterocycles. The van der Waals surface area contributed by atoms with Crippen LogP contribution in [0.4, 0.5) is 5.69 Å². The molecular formula is C13H12ClN3. The number of pyridine rings is 2. The van der Waals surface area contributed by atoms with Crippen LogP contribution in [0.1, 0.15) is 23.7 Å². The van der Waals surface area contributed by atoms with Gasteiger partial charge in [0.1, 0.15) is 0 Å². The second-order valence-electron chi connectivity index (χ2n) is 4.13. The molecule has 17 heavy (non-hydrogen) atoms. The fourth-order valence-corrected chi connectivity index (χ4v) is 2.41. The molecule has 0 bridgehead atoms. The highest BCUT2D eigenvalue weighted by Crippen LogP contribution is 2.33. The minimum atomic E-state index is 0.243. The van der Waals surface area contributed by atoms with Crippen molar-refractivity contribution in [3.05, 3.63) is 53.1 Å². The van der Waals surface area contributed by atoms with Crippen molar-refractivity contribution < 1.29 is 0 Å². The molecule has 0 saturated carbocycles. The molecule has 3 rings (SSSR count). The van der Waals surface area contributed by atoms with Crippen molar-refractivity contribution in [2.24, 2.45) is 0 Å². The molecule has 4 heteroatoms. The summed E-state index contributed by atoms with van der Waals surface area (Å²) in [5.74, 6) is 0. The lowest BCUT2D eigenvalue weighted by Gasteiger charge is -2.14. The Morgan fingerprint density at radius 2 is 2.00 bits per heavy atom. The Morgan fingerprint density at radius 1 is 1.18 bits per heavy atom. The summed E-state index contributed by atoms with van der Waals surface area (Å²) in [7, 11) is 0. The zero-order valence-electron chi connectivity index (χ0n) is 9.23. The van der Waals surface area contributed by atoms with Crippen molar-refractivity contribution in [1.82, 2.24) is 9.97 Å². The van der Waals surface area contributed by atoms with Crippen LogP contribution >= 0.6 is 11.6 Å². The number of hydrogen-bond donors (Lipinski definition) is 1. The van der Waals surface area contributed by atoms with E-state index < -0.39 is 0 Å². The van der Waals surface area contributed by atoms with E-state index in [2.05, 4.69) is 21.4 Å². The first-order chi connectivity index (χ1) is 8.34. The quantitative estimate of drug-likeness (QED) is 0.826.